The van der Waals surface area contributed by atoms with E-state index >= 15 is 0 Å². The second-order valence-electron chi connectivity index (χ2n) is 6.71. The number of carbonyl (C=O) groups excluding carboxylic acids is 2. The molecule has 1 aromatic carbocycles. The van der Waals surface area contributed by atoms with E-state index in [-0.39, 0.29) is 30.7 Å². The highest BCUT2D eigenvalue weighted by Gasteiger charge is 2.36. The van der Waals surface area contributed by atoms with Crippen LogP contribution in [0.2, 0.25) is 0 Å². The molecule has 0 unspecified atom stereocenters. The maximum Gasteiger partial charge on any atom is 0.245 e. The predicted octanol–water partition coefficient (Wildman–Crippen LogP) is 0.570. The molecule has 0 N–H and O–H groups in total. The van der Waals surface area contributed by atoms with Crippen molar-refractivity contribution in [3.8, 4) is 0 Å². The largest absolute Gasteiger partial charge is 0.331 e. The second-order valence-corrected chi connectivity index (χ2v) is 9.01. The maximum atomic E-state index is 12.6. The first kappa shape index (κ1) is 20.4. The van der Waals surface area contributed by atoms with Gasteiger partial charge in [0, 0.05) is 27.2 Å². The van der Waals surface area contributed by atoms with Crippen molar-refractivity contribution in [3.63, 3.8) is 0 Å². The van der Waals surface area contributed by atoms with Gasteiger partial charge in [-0.3, -0.25) is 9.59 Å². The Morgan fingerprint density at radius 1 is 1.12 bits per heavy atom. The van der Waals surface area contributed by atoms with Crippen LogP contribution in [0.5, 0.6) is 0 Å². The average molecular weight is 381 g/mol. The molecule has 26 heavy (non-hydrogen) atoms. The highest BCUT2D eigenvalue weighted by molar-refractivity contribution is 7.89. The van der Waals surface area contributed by atoms with Crippen LogP contribution in [0.25, 0.3) is 0 Å². The zero-order chi connectivity index (χ0) is 19.3. The lowest BCUT2D eigenvalue weighted by atomic mass is 10.1. The van der Waals surface area contributed by atoms with Crippen LogP contribution in [0.4, 0.5) is 0 Å². The van der Waals surface area contributed by atoms with Crippen LogP contribution in [0.1, 0.15) is 18.9 Å². The Bertz CT molecular complexity index is 734. The van der Waals surface area contributed by atoms with E-state index in [0.717, 1.165) is 5.56 Å². The fourth-order valence-electron chi connectivity index (χ4n) is 2.96. The minimum absolute atomic E-state index is 0.0393. The summed E-state index contributed by atoms with van der Waals surface area (Å²) >= 11 is 0. The molecule has 1 aliphatic heterocycles. The molecule has 7 nitrogen and oxygen atoms in total. The molecule has 1 atom stereocenters. The number of carbonyl (C=O) groups is 2. The van der Waals surface area contributed by atoms with Crippen LogP contribution < -0.4 is 0 Å². The van der Waals surface area contributed by atoms with Gasteiger partial charge in [0.05, 0.1) is 12.3 Å². The molecule has 1 aromatic rings. The van der Waals surface area contributed by atoms with Gasteiger partial charge in [-0.15, -0.1) is 0 Å². The number of amides is 2. The average Bonchev–Trinajstić information content (AvgIpc) is 2.60. The normalized spacial score (nSPS) is 18.7. The Kier molecular flexibility index (Phi) is 6.77. The van der Waals surface area contributed by atoms with Crippen molar-refractivity contribution in [2.45, 2.75) is 25.8 Å². The van der Waals surface area contributed by atoms with Gasteiger partial charge < -0.3 is 9.80 Å². The van der Waals surface area contributed by atoms with Gasteiger partial charge in [0.1, 0.15) is 6.04 Å². The first-order valence-electron chi connectivity index (χ1n) is 8.75. The van der Waals surface area contributed by atoms with E-state index in [4.69, 9.17) is 0 Å². The highest BCUT2D eigenvalue weighted by Crippen LogP contribution is 2.14. The number of benzene rings is 1. The van der Waals surface area contributed by atoms with E-state index in [1.54, 1.807) is 11.8 Å². The molecule has 0 aliphatic carbocycles. The summed E-state index contributed by atoms with van der Waals surface area (Å²) in [5, 5.41) is 0. The third-order valence-electron chi connectivity index (χ3n) is 4.65. The Labute approximate surface area is 155 Å². The summed E-state index contributed by atoms with van der Waals surface area (Å²) in [6, 6.07) is 9.27. The van der Waals surface area contributed by atoms with Crippen molar-refractivity contribution in [3.05, 3.63) is 35.9 Å². The van der Waals surface area contributed by atoms with Crippen molar-refractivity contribution >= 4 is 21.8 Å². The lowest BCUT2D eigenvalue weighted by Gasteiger charge is -2.38. The molecular formula is C18H27N3O4S. The van der Waals surface area contributed by atoms with Gasteiger partial charge in [0.25, 0.3) is 0 Å². The highest BCUT2D eigenvalue weighted by atomic mass is 32.2. The molecule has 1 saturated heterocycles. The number of rotatable bonds is 8. The number of sulfonamides is 1. The monoisotopic (exact) mass is 381 g/mol. The Hall–Kier alpha value is -1.93. The van der Waals surface area contributed by atoms with Crippen molar-refractivity contribution in [1.82, 2.24) is 14.1 Å². The second kappa shape index (κ2) is 8.64. The Balaban J connectivity index is 1.90. The van der Waals surface area contributed by atoms with Gasteiger partial charge in [-0.05, 0) is 25.3 Å². The van der Waals surface area contributed by atoms with Gasteiger partial charge in [-0.25, -0.2) is 12.7 Å². The van der Waals surface area contributed by atoms with Crippen molar-refractivity contribution in [2.75, 3.05) is 39.5 Å². The maximum absolute atomic E-state index is 12.6. The summed E-state index contributed by atoms with van der Waals surface area (Å²) in [4.78, 5) is 28.1. The van der Waals surface area contributed by atoms with E-state index in [9.17, 15) is 18.0 Å². The minimum atomic E-state index is -3.30. The first-order valence-corrected chi connectivity index (χ1v) is 10.4. The van der Waals surface area contributed by atoms with E-state index in [2.05, 4.69) is 0 Å². The summed E-state index contributed by atoms with van der Waals surface area (Å²) in [7, 11) is -0.329. The van der Waals surface area contributed by atoms with Crippen LogP contribution in [0.15, 0.2) is 30.3 Å². The fourth-order valence-corrected chi connectivity index (χ4v) is 3.82. The first-order chi connectivity index (χ1) is 12.2. The molecule has 0 radical (unpaired) electrons. The van der Waals surface area contributed by atoms with Gasteiger partial charge in [0.2, 0.25) is 21.8 Å². The quantitative estimate of drug-likeness (QED) is 0.660. The molecule has 0 spiro atoms. The molecule has 144 valence electrons. The van der Waals surface area contributed by atoms with E-state index in [0.29, 0.717) is 19.4 Å². The zero-order valence-corrected chi connectivity index (χ0v) is 16.4. The van der Waals surface area contributed by atoms with E-state index in [1.807, 2.05) is 30.3 Å². The van der Waals surface area contributed by atoms with Crippen molar-refractivity contribution < 1.29 is 18.0 Å². The topological polar surface area (TPSA) is 78.0 Å². The van der Waals surface area contributed by atoms with Crippen LogP contribution in [-0.4, -0.2) is 79.9 Å². The van der Waals surface area contributed by atoms with E-state index in [1.165, 1.54) is 23.3 Å². The summed E-state index contributed by atoms with van der Waals surface area (Å²) in [6.45, 7) is 2.53. The SMILES string of the molecule is C[C@H]1C(=O)N(CCc2ccccc2)CC(=O)N1CCCS(=O)(=O)N(C)C. The van der Waals surface area contributed by atoms with Crippen molar-refractivity contribution in [1.29, 1.82) is 0 Å². The molecule has 2 amide bonds. The molecule has 2 rings (SSSR count). The lowest BCUT2D eigenvalue weighted by Crippen LogP contribution is -2.59. The fraction of sp³-hybridized carbons (Fsp3) is 0.556. The number of nitrogens with zero attached hydrogens (tertiary/aromatic N) is 3. The molecule has 1 heterocycles. The molecule has 8 heteroatoms. The predicted molar refractivity (Wildman–Crippen MR) is 100.0 cm³/mol. The lowest BCUT2D eigenvalue weighted by molar-refractivity contribution is -0.155. The molecule has 0 bridgehead atoms. The minimum Gasteiger partial charge on any atom is -0.331 e. The van der Waals surface area contributed by atoms with Gasteiger partial charge in [-0.1, -0.05) is 30.3 Å². The molecule has 0 saturated carbocycles. The zero-order valence-electron chi connectivity index (χ0n) is 15.6. The van der Waals surface area contributed by atoms with Gasteiger partial charge in [0.15, 0.2) is 0 Å². The number of hydrogen-bond donors (Lipinski definition) is 0. The molecule has 1 aliphatic rings. The smallest absolute Gasteiger partial charge is 0.245 e. The molecular weight excluding hydrogens is 354 g/mol. The van der Waals surface area contributed by atoms with E-state index < -0.39 is 16.1 Å². The standard InChI is InChI=1S/C18H27N3O4S/c1-15-18(23)20(12-10-16-8-5-4-6-9-16)14-17(22)21(15)11-7-13-26(24,25)19(2)3/h4-6,8-9,15H,7,10-14H2,1-3H3/t15-/m0/s1. The van der Waals surface area contributed by atoms with Crippen LogP contribution in [0, 0.1) is 0 Å². The third kappa shape index (κ3) is 5.04. The Morgan fingerprint density at radius 2 is 1.77 bits per heavy atom. The molecule has 0 aromatic heterocycles. The summed E-state index contributed by atoms with van der Waals surface area (Å²) in [5.41, 5.74) is 1.12. The van der Waals surface area contributed by atoms with Crippen molar-refractivity contribution in [2.24, 2.45) is 0 Å². The van der Waals surface area contributed by atoms with Crippen LogP contribution in [-0.2, 0) is 26.0 Å². The third-order valence-corrected chi connectivity index (χ3v) is 6.57. The summed E-state index contributed by atoms with van der Waals surface area (Å²) in [5.74, 6) is -0.258. The van der Waals surface area contributed by atoms with Crippen LogP contribution >= 0.6 is 0 Å². The summed E-state index contributed by atoms with van der Waals surface area (Å²) in [6.07, 6.45) is 1.02. The Morgan fingerprint density at radius 3 is 2.38 bits per heavy atom. The summed E-state index contributed by atoms with van der Waals surface area (Å²) < 4.78 is 24.8. The number of hydrogen-bond acceptors (Lipinski definition) is 4. The van der Waals surface area contributed by atoms with Gasteiger partial charge >= 0.3 is 0 Å². The number of piperazine rings is 1. The van der Waals surface area contributed by atoms with Gasteiger partial charge in [-0.2, -0.15) is 0 Å². The molecule has 1 fully saturated rings. The van der Waals surface area contributed by atoms with Crippen LogP contribution in [0.3, 0.4) is 0 Å².